The average Bonchev–Trinajstić information content (AvgIpc) is 3.30. The van der Waals surface area contributed by atoms with Gasteiger partial charge in [0.25, 0.3) is 5.56 Å². The van der Waals surface area contributed by atoms with E-state index in [4.69, 9.17) is 5.26 Å². The summed E-state index contributed by atoms with van der Waals surface area (Å²) >= 11 is 0. The first-order valence-corrected chi connectivity index (χ1v) is 8.63. The standard InChI is InChI=1S/C17H20N6O3/c1-2-21-10-12(9-18)16(25)22(17(21)26)11-15(24)20-14-7-8-19-23(14)13-5-3-4-6-13/h7-8,10,13H,2-6,11H2,1H3,(H,20,24). The highest BCUT2D eigenvalue weighted by molar-refractivity contribution is 5.89. The Hall–Kier alpha value is -3.15. The summed E-state index contributed by atoms with van der Waals surface area (Å²) in [4.78, 5) is 37.0. The van der Waals surface area contributed by atoms with Crippen molar-refractivity contribution in [2.45, 2.75) is 51.7 Å². The molecule has 0 atom stereocenters. The Morgan fingerprint density at radius 1 is 1.38 bits per heavy atom. The van der Waals surface area contributed by atoms with Gasteiger partial charge in [-0.3, -0.25) is 14.2 Å². The molecule has 2 heterocycles. The van der Waals surface area contributed by atoms with Crippen molar-refractivity contribution in [1.82, 2.24) is 18.9 Å². The van der Waals surface area contributed by atoms with Crippen molar-refractivity contribution in [3.63, 3.8) is 0 Å². The van der Waals surface area contributed by atoms with Gasteiger partial charge in [0.1, 0.15) is 24.0 Å². The monoisotopic (exact) mass is 356 g/mol. The molecule has 2 aromatic rings. The molecule has 0 bridgehead atoms. The second-order valence-corrected chi connectivity index (χ2v) is 6.26. The second-order valence-electron chi connectivity index (χ2n) is 6.26. The van der Waals surface area contributed by atoms with Crippen LogP contribution in [0.4, 0.5) is 5.82 Å². The van der Waals surface area contributed by atoms with Crippen molar-refractivity contribution in [2.24, 2.45) is 0 Å². The first-order chi connectivity index (χ1) is 12.5. The third-order valence-corrected chi connectivity index (χ3v) is 4.61. The molecule has 1 aliphatic carbocycles. The van der Waals surface area contributed by atoms with E-state index in [1.54, 1.807) is 29.9 Å². The van der Waals surface area contributed by atoms with Crippen molar-refractivity contribution >= 4 is 11.7 Å². The number of anilines is 1. The largest absolute Gasteiger partial charge is 0.331 e. The number of hydrogen-bond donors (Lipinski definition) is 1. The van der Waals surface area contributed by atoms with Crippen LogP contribution < -0.4 is 16.6 Å². The predicted molar refractivity (Wildman–Crippen MR) is 93.7 cm³/mol. The highest BCUT2D eigenvalue weighted by atomic mass is 16.2. The maximum absolute atomic E-state index is 12.4. The van der Waals surface area contributed by atoms with Gasteiger partial charge in [-0.25, -0.2) is 14.0 Å². The van der Waals surface area contributed by atoms with Crippen LogP contribution in [-0.4, -0.2) is 24.8 Å². The van der Waals surface area contributed by atoms with Crippen LogP contribution in [0.25, 0.3) is 0 Å². The van der Waals surface area contributed by atoms with Gasteiger partial charge in [0.2, 0.25) is 5.91 Å². The van der Waals surface area contributed by atoms with E-state index in [1.807, 2.05) is 0 Å². The second kappa shape index (κ2) is 7.39. The molecular formula is C17H20N6O3. The molecule has 26 heavy (non-hydrogen) atoms. The summed E-state index contributed by atoms with van der Waals surface area (Å²) in [6.07, 6.45) is 7.11. The molecular weight excluding hydrogens is 336 g/mol. The number of aryl methyl sites for hydroxylation is 1. The first-order valence-electron chi connectivity index (χ1n) is 8.63. The van der Waals surface area contributed by atoms with Crippen molar-refractivity contribution in [1.29, 1.82) is 5.26 Å². The van der Waals surface area contributed by atoms with E-state index < -0.39 is 23.7 Å². The van der Waals surface area contributed by atoms with Gasteiger partial charge in [-0.2, -0.15) is 10.4 Å². The van der Waals surface area contributed by atoms with E-state index in [9.17, 15) is 14.4 Å². The first kappa shape index (κ1) is 17.7. The molecule has 1 saturated carbocycles. The van der Waals surface area contributed by atoms with Crippen molar-refractivity contribution in [3.8, 4) is 6.07 Å². The zero-order chi connectivity index (χ0) is 18.7. The Bertz CT molecular complexity index is 972. The molecule has 0 aliphatic heterocycles. The predicted octanol–water partition coefficient (Wildman–Crippen LogP) is 0.852. The molecule has 0 saturated heterocycles. The smallest absolute Gasteiger partial charge is 0.309 e. The van der Waals surface area contributed by atoms with Crippen LogP contribution in [0.1, 0.15) is 44.2 Å². The van der Waals surface area contributed by atoms with Gasteiger partial charge in [0.15, 0.2) is 0 Å². The summed E-state index contributed by atoms with van der Waals surface area (Å²) in [5, 5.41) is 16.1. The van der Waals surface area contributed by atoms with Gasteiger partial charge >= 0.3 is 5.69 Å². The number of nitrogens with one attached hydrogen (secondary N) is 1. The number of hydrogen-bond acceptors (Lipinski definition) is 5. The topological polar surface area (TPSA) is 115 Å². The van der Waals surface area contributed by atoms with Gasteiger partial charge in [0, 0.05) is 18.8 Å². The highest BCUT2D eigenvalue weighted by Crippen LogP contribution is 2.31. The summed E-state index contributed by atoms with van der Waals surface area (Å²) in [5.41, 5.74) is -1.55. The van der Waals surface area contributed by atoms with Crippen molar-refractivity contribution < 1.29 is 4.79 Å². The summed E-state index contributed by atoms with van der Waals surface area (Å²) in [7, 11) is 0. The molecule has 3 rings (SSSR count). The summed E-state index contributed by atoms with van der Waals surface area (Å²) in [5.74, 6) is 0.0314. The molecule has 1 amide bonds. The van der Waals surface area contributed by atoms with Crippen LogP contribution in [-0.2, 0) is 17.9 Å². The normalized spacial score (nSPS) is 14.3. The number of carbonyl (C=O) groups is 1. The minimum Gasteiger partial charge on any atom is -0.309 e. The van der Waals surface area contributed by atoms with Crippen LogP contribution in [0.5, 0.6) is 0 Å². The summed E-state index contributed by atoms with van der Waals surface area (Å²) in [6, 6.07) is 3.71. The maximum Gasteiger partial charge on any atom is 0.331 e. The third-order valence-electron chi connectivity index (χ3n) is 4.61. The van der Waals surface area contributed by atoms with E-state index in [2.05, 4.69) is 10.4 Å². The molecule has 1 fully saturated rings. The van der Waals surface area contributed by atoms with Gasteiger partial charge < -0.3 is 5.32 Å². The molecule has 9 nitrogen and oxygen atoms in total. The summed E-state index contributed by atoms with van der Waals surface area (Å²) in [6.45, 7) is 1.56. The maximum atomic E-state index is 12.4. The number of aromatic nitrogens is 4. The third kappa shape index (κ3) is 3.31. The van der Waals surface area contributed by atoms with E-state index in [0.717, 1.165) is 30.3 Å². The highest BCUT2D eigenvalue weighted by Gasteiger charge is 2.21. The zero-order valence-corrected chi connectivity index (χ0v) is 14.5. The van der Waals surface area contributed by atoms with Gasteiger partial charge in [-0.1, -0.05) is 12.8 Å². The van der Waals surface area contributed by atoms with Gasteiger partial charge in [-0.05, 0) is 19.8 Å². The lowest BCUT2D eigenvalue weighted by molar-refractivity contribution is -0.116. The van der Waals surface area contributed by atoms with Crippen molar-refractivity contribution in [3.05, 3.63) is 44.9 Å². The lowest BCUT2D eigenvalue weighted by Crippen LogP contribution is -2.43. The number of rotatable bonds is 5. The molecule has 1 N–H and O–H groups in total. The molecule has 0 radical (unpaired) electrons. The fourth-order valence-electron chi connectivity index (χ4n) is 3.28. The fourth-order valence-corrected chi connectivity index (χ4v) is 3.28. The van der Waals surface area contributed by atoms with Crippen LogP contribution in [0, 0.1) is 11.3 Å². The minimum atomic E-state index is -0.762. The van der Waals surface area contributed by atoms with Gasteiger partial charge in [-0.15, -0.1) is 0 Å². The number of nitrogens with zero attached hydrogens (tertiary/aromatic N) is 5. The van der Waals surface area contributed by atoms with E-state index in [0.29, 0.717) is 12.4 Å². The Morgan fingerprint density at radius 2 is 2.12 bits per heavy atom. The molecule has 0 spiro atoms. The molecule has 0 unspecified atom stereocenters. The van der Waals surface area contributed by atoms with Crippen LogP contribution in [0.15, 0.2) is 28.0 Å². The number of amides is 1. The van der Waals surface area contributed by atoms with Crippen LogP contribution in [0.2, 0.25) is 0 Å². The van der Waals surface area contributed by atoms with Crippen LogP contribution >= 0.6 is 0 Å². The number of nitriles is 1. The molecule has 9 heteroatoms. The van der Waals surface area contributed by atoms with Gasteiger partial charge in [0.05, 0.1) is 12.2 Å². The SMILES string of the molecule is CCn1cc(C#N)c(=O)n(CC(=O)Nc2ccnn2C2CCCC2)c1=O. The Morgan fingerprint density at radius 3 is 2.77 bits per heavy atom. The molecule has 136 valence electrons. The quantitative estimate of drug-likeness (QED) is 0.853. The van der Waals surface area contributed by atoms with Crippen LogP contribution in [0.3, 0.4) is 0 Å². The summed E-state index contributed by atoms with van der Waals surface area (Å²) < 4.78 is 3.80. The van der Waals surface area contributed by atoms with E-state index in [-0.39, 0.29) is 11.6 Å². The zero-order valence-electron chi connectivity index (χ0n) is 14.5. The lowest BCUT2D eigenvalue weighted by atomic mass is 10.2. The fraction of sp³-hybridized carbons (Fsp3) is 0.471. The number of carbonyl (C=O) groups excluding carboxylic acids is 1. The van der Waals surface area contributed by atoms with E-state index >= 15 is 0 Å². The minimum absolute atomic E-state index is 0.171. The Labute approximate surface area is 149 Å². The van der Waals surface area contributed by atoms with Crippen molar-refractivity contribution in [2.75, 3.05) is 5.32 Å². The molecule has 2 aromatic heterocycles. The lowest BCUT2D eigenvalue weighted by Gasteiger charge is -2.15. The Balaban J connectivity index is 1.84. The Kier molecular flexibility index (Phi) is 5.02. The average molecular weight is 356 g/mol. The van der Waals surface area contributed by atoms with E-state index in [1.165, 1.54) is 10.8 Å². The molecule has 1 aliphatic rings. The molecule has 0 aromatic carbocycles.